The molecule has 0 radical (unpaired) electrons. The highest BCUT2D eigenvalue weighted by Crippen LogP contribution is 2.03. The normalized spacial score (nSPS) is 14.8. The average molecular weight is 227 g/mol. The molecule has 1 aromatic rings. The first-order valence-corrected chi connectivity index (χ1v) is 4.96. The number of carbonyl (C=O) groups is 1. The minimum Gasteiger partial charge on any atom is -0.387 e. The number of hydrogen-bond acceptors (Lipinski definition) is 5. The summed E-state index contributed by atoms with van der Waals surface area (Å²) in [6.07, 6.45) is 1.33. The van der Waals surface area contributed by atoms with Gasteiger partial charge >= 0.3 is 0 Å². The molecule has 1 unspecified atom stereocenters. The number of aromatic nitrogens is 1. The predicted molar refractivity (Wildman–Crippen MR) is 58.0 cm³/mol. The van der Waals surface area contributed by atoms with Gasteiger partial charge in [0.25, 0.3) is 5.91 Å². The van der Waals surface area contributed by atoms with Gasteiger partial charge in [-0.3, -0.25) is 4.79 Å². The molecule has 0 aliphatic rings. The Morgan fingerprint density at radius 3 is 2.88 bits per heavy atom. The highest BCUT2D eigenvalue weighted by molar-refractivity contribution is 5.91. The van der Waals surface area contributed by atoms with E-state index in [1.807, 2.05) is 19.0 Å². The van der Waals surface area contributed by atoms with Gasteiger partial charge in [-0.05, 0) is 21.0 Å². The Morgan fingerprint density at radius 2 is 2.38 bits per heavy atom. The maximum atomic E-state index is 11.5. The molecule has 0 aliphatic carbocycles. The van der Waals surface area contributed by atoms with Crippen LogP contribution in [-0.4, -0.2) is 53.9 Å². The van der Waals surface area contributed by atoms with Crippen molar-refractivity contribution in [3.63, 3.8) is 0 Å². The van der Waals surface area contributed by atoms with Gasteiger partial charge in [-0.15, -0.1) is 0 Å². The Hall–Kier alpha value is -1.40. The predicted octanol–water partition coefficient (Wildman–Crippen LogP) is -0.283. The first-order valence-electron chi connectivity index (χ1n) is 4.96. The molecule has 6 nitrogen and oxygen atoms in total. The van der Waals surface area contributed by atoms with Gasteiger partial charge in [0.2, 0.25) is 0 Å². The molecule has 90 valence electrons. The molecular weight excluding hydrogens is 210 g/mol. The highest BCUT2D eigenvalue weighted by atomic mass is 16.5. The van der Waals surface area contributed by atoms with E-state index in [1.165, 1.54) is 12.3 Å². The Kier molecular flexibility index (Phi) is 4.03. The molecule has 1 aromatic heterocycles. The minimum atomic E-state index is -0.969. The van der Waals surface area contributed by atoms with Crippen LogP contribution < -0.4 is 5.32 Å². The fourth-order valence-electron chi connectivity index (χ4n) is 1.43. The van der Waals surface area contributed by atoms with E-state index in [0.717, 1.165) is 0 Å². The SMILES string of the molecule is CN(C)CC(C)(O)CNC(=O)c1ccon1. The van der Waals surface area contributed by atoms with Crippen molar-refractivity contribution < 1.29 is 14.4 Å². The van der Waals surface area contributed by atoms with E-state index in [2.05, 4.69) is 15.0 Å². The molecule has 1 amide bonds. The van der Waals surface area contributed by atoms with Crippen LogP contribution in [0.5, 0.6) is 0 Å². The first-order chi connectivity index (χ1) is 7.41. The van der Waals surface area contributed by atoms with Crippen molar-refractivity contribution >= 4 is 5.91 Å². The van der Waals surface area contributed by atoms with E-state index in [9.17, 15) is 9.90 Å². The Bertz CT molecular complexity index is 333. The molecule has 6 heteroatoms. The summed E-state index contributed by atoms with van der Waals surface area (Å²) in [5.74, 6) is -0.354. The lowest BCUT2D eigenvalue weighted by molar-refractivity contribution is 0.0324. The van der Waals surface area contributed by atoms with E-state index in [0.29, 0.717) is 6.54 Å². The number of nitrogens with one attached hydrogen (secondary N) is 1. The second-order valence-corrected chi connectivity index (χ2v) is 4.30. The second kappa shape index (κ2) is 5.09. The van der Waals surface area contributed by atoms with Gasteiger partial charge in [0, 0.05) is 19.2 Å². The maximum absolute atomic E-state index is 11.5. The number of amides is 1. The van der Waals surface area contributed by atoms with Gasteiger partial charge in [-0.1, -0.05) is 5.16 Å². The quantitative estimate of drug-likeness (QED) is 0.723. The van der Waals surface area contributed by atoms with Gasteiger partial charge in [0.15, 0.2) is 5.69 Å². The van der Waals surface area contributed by atoms with Crippen LogP contribution in [0.25, 0.3) is 0 Å². The number of nitrogens with zero attached hydrogens (tertiary/aromatic N) is 2. The molecule has 0 bridgehead atoms. The molecule has 2 N–H and O–H groups in total. The maximum Gasteiger partial charge on any atom is 0.273 e. The highest BCUT2D eigenvalue weighted by Gasteiger charge is 2.22. The average Bonchev–Trinajstić information content (AvgIpc) is 2.64. The van der Waals surface area contributed by atoms with Crippen LogP contribution in [0, 0.1) is 0 Å². The largest absolute Gasteiger partial charge is 0.387 e. The number of aliphatic hydroxyl groups is 1. The van der Waals surface area contributed by atoms with Crippen molar-refractivity contribution in [3.8, 4) is 0 Å². The zero-order valence-corrected chi connectivity index (χ0v) is 9.73. The Balaban J connectivity index is 2.42. The van der Waals surface area contributed by atoms with E-state index in [1.54, 1.807) is 6.92 Å². The van der Waals surface area contributed by atoms with Crippen LogP contribution in [0.1, 0.15) is 17.4 Å². The summed E-state index contributed by atoms with van der Waals surface area (Å²) in [6.45, 7) is 2.29. The van der Waals surface area contributed by atoms with E-state index in [-0.39, 0.29) is 18.1 Å². The molecular formula is C10H17N3O3. The van der Waals surface area contributed by atoms with Crippen LogP contribution in [0.3, 0.4) is 0 Å². The number of hydrogen-bond donors (Lipinski definition) is 2. The molecule has 0 saturated carbocycles. The van der Waals surface area contributed by atoms with Crippen molar-refractivity contribution in [2.75, 3.05) is 27.2 Å². The third-order valence-electron chi connectivity index (χ3n) is 1.96. The minimum absolute atomic E-state index is 0.164. The van der Waals surface area contributed by atoms with Crippen molar-refractivity contribution in [3.05, 3.63) is 18.0 Å². The summed E-state index contributed by atoms with van der Waals surface area (Å²) < 4.78 is 4.55. The zero-order chi connectivity index (χ0) is 12.2. The van der Waals surface area contributed by atoms with Crippen LogP contribution in [-0.2, 0) is 0 Å². The van der Waals surface area contributed by atoms with Crippen LogP contribution >= 0.6 is 0 Å². The summed E-state index contributed by atoms with van der Waals surface area (Å²) >= 11 is 0. The van der Waals surface area contributed by atoms with E-state index < -0.39 is 5.60 Å². The van der Waals surface area contributed by atoms with Crippen molar-refractivity contribution in [2.24, 2.45) is 0 Å². The van der Waals surface area contributed by atoms with Gasteiger partial charge in [0.1, 0.15) is 6.26 Å². The molecule has 1 heterocycles. The Labute approximate surface area is 94.2 Å². The fourth-order valence-corrected chi connectivity index (χ4v) is 1.43. The van der Waals surface area contributed by atoms with Gasteiger partial charge < -0.3 is 19.8 Å². The zero-order valence-electron chi connectivity index (χ0n) is 9.73. The summed E-state index contributed by atoms with van der Waals surface area (Å²) in [7, 11) is 3.71. The summed E-state index contributed by atoms with van der Waals surface area (Å²) in [5.41, 5.74) is -0.760. The van der Waals surface area contributed by atoms with E-state index >= 15 is 0 Å². The number of rotatable bonds is 5. The topological polar surface area (TPSA) is 78.6 Å². The first kappa shape index (κ1) is 12.7. The van der Waals surface area contributed by atoms with Crippen LogP contribution in [0.15, 0.2) is 16.9 Å². The van der Waals surface area contributed by atoms with Gasteiger partial charge in [-0.25, -0.2) is 0 Å². The molecule has 0 spiro atoms. The number of likely N-dealkylation sites (N-methyl/N-ethyl adjacent to an activating group) is 1. The lowest BCUT2D eigenvalue weighted by Gasteiger charge is -2.26. The third kappa shape index (κ3) is 4.00. The monoisotopic (exact) mass is 227 g/mol. The molecule has 0 fully saturated rings. The van der Waals surface area contributed by atoms with Crippen molar-refractivity contribution in [2.45, 2.75) is 12.5 Å². The van der Waals surface area contributed by atoms with Crippen molar-refractivity contribution in [1.29, 1.82) is 0 Å². The van der Waals surface area contributed by atoms with Crippen LogP contribution in [0.2, 0.25) is 0 Å². The molecule has 1 atom stereocenters. The fraction of sp³-hybridized carbons (Fsp3) is 0.600. The van der Waals surface area contributed by atoms with E-state index in [4.69, 9.17) is 0 Å². The molecule has 0 aromatic carbocycles. The lowest BCUT2D eigenvalue weighted by atomic mass is 10.1. The van der Waals surface area contributed by atoms with Gasteiger partial charge in [0.05, 0.1) is 5.60 Å². The summed E-state index contributed by atoms with van der Waals surface area (Å²) in [5, 5.41) is 16.0. The van der Waals surface area contributed by atoms with Crippen LogP contribution in [0.4, 0.5) is 0 Å². The number of carbonyl (C=O) groups excluding carboxylic acids is 1. The van der Waals surface area contributed by atoms with Crippen molar-refractivity contribution in [1.82, 2.24) is 15.4 Å². The molecule has 0 aliphatic heterocycles. The third-order valence-corrected chi connectivity index (χ3v) is 1.96. The standard InChI is InChI=1S/C10H17N3O3/c1-10(15,7-13(2)3)6-11-9(14)8-4-5-16-12-8/h4-5,15H,6-7H2,1-3H3,(H,11,14). The summed E-state index contributed by atoms with van der Waals surface area (Å²) in [6, 6.07) is 1.47. The Morgan fingerprint density at radius 1 is 1.69 bits per heavy atom. The summed E-state index contributed by atoms with van der Waals surface area (Å²) in [4.78, 5) is 13.3. The van der Waals surface area contributed by atoms with Gasteiger partial charge in [-0.2, -0.15) is 0 Å². The molecule has 1 rings (SSSR count). The molecule has 0 saturated heterocycles. The second-order valence-electron chi connectivity index (χ2n) is 4.30. The molecule has 16 heavy (non-hydrogen) atoms. The smallest absolute Gasteiger partial charge is 0.273 e. The lowest BCUT2D eigenvalue weighted by Crippen LogP contribution is -2.47.